The summed E-state index contributed by atoms with van der Waals surface area (Å²) in [6, 6.07) is 4.14. The number of aromatic nitrogens is 2. The summed E-state index contributed by atoms with van der Waals surface area (Å²) in [5.74, 6) is 1.76. The Bertz CT molecular complexity index is 796. The molecular weight excluding hydrogens is 320 g/mol. The van der Waals surface area contributed by atoms with Gasteiger partial charge in [0.25, 0.3) is 0 Å². The molecule has 2 heterocycles. The Balaban J connectivity index is 1.98. The summed E-state index contributed by atoms with van der Waals surface area (Å²) in [4.78, 5) is 13.7. The van der Waals surface area contributed by atoms with E-state index in [1.165, 1.54) is 24.8 Å². The molecule has 0 amide bonds. The van der Waals surface area contributed by atoms with Crippen LogP contribution >= 0.6 is 11.6 Å². The van der Waals surface area contributed by atoms with Crippen molar-refractivity contribution < 1.29 is 0 Å². The Labute approximate surface area is 148 Å². The van der Waals surface area contributed by atoms with Gasteiger partial charge in [-0.15, -0.1) is 0 Å². The predicted molar refractivity (Wildman–Crippen MR) is 101 cm³/mol. The summed E-state index contributed by atoms with van der Waals surface area (Å²) in [5, 5.41) is 4.91. The first kappa shape index (κ1) is 17.2. The van der Waals surface area contributed by atoms with Crippen molar-refractivity contribution in [3.8, 4) is 0 Å². The van der Waals surface area contributed by atoms with Crippen LogP contribution in [-0.4, -0.2) is 22.3 Å². The molecule has 24 heavy (non-hydrogen) atoms. The Morgan fingerprint density at radius 1 is 1.21 bits per heavy atom. The second-order valence-electron chi connectivity index (χ2n) is 7.21. The van der Waals surface area contributed by atoms with Crippen LogP contribution in [-0.2, 0) is 6.42 Å². The number of rotatable bonds is 4. The molecule has 0 radical (unpaired) electrons. The highest BCUT2D eigenvalue weighted by Crippen LogP contribution is 2.38. The summed E-state index contributed by atoms with van der Waals surface area (Å²) in [5.41, 5.74) is 3.10. The Hall–Kier alpha value is -1.68. The molecule has 0 atom stereocenters. The second kappa shape index (κ2) is 6.67. The van der Waals surface area contributed by atoms with E-state index in [0.29, 0.717) is 11.0 Å². The summed E-state index contributed by atoms with van der Waals surface area (Å²) < 4.78 is 0. The molecule has 128 valence electrons. The third kappa shape index (κ3) is 3.39. The maximum Gasteiger partial charge on any atom is 0.140 e. The van der Waals surface area contributed by atoms with Crippen molar-refractivity contribution in [1.29, 1.82) is 0 Å². The number of aryl methyl sites for hydroxylation is 1. The smallest absolute Gasteiger partial charge is 0.140 e. The van der Waals surface area contributed by atoms with Gasteiger partial charge in [-0.3, -0.25) is 0 Å². The Morgan fingerprint density at radius 2 is 2.00 bits per heavy atom. The Kier molecular flexibility index (Phi) is 4.77. The number of fused-ring (bicyclic) bond motifs is 2. The fraction of sp³-hybridized carbons (Fsp3) is 0.526. The van der Waals surface area contributed by atoms with Crippen molar-refractivity contribution in [3.63, 3.8) is 0 Å². The zero-order valence-corrected chi connectivity index (χ0v) is 15.7. The SMILES string of the molecule is CCCCCNC1=Nc2cc3c(Cl)nc(C)nc3cc2CC1(C)C. The van der Waals surface area contributed by atoms with Gasteiger partial charge >= 0.3 is 0 Å². The van der Waals surface area contributed by atoms with E-state index in [1.54, 1.807) is 0 Å². The minimum Gasteiger partial charge on any atom is -0.373 e. The molecule has 1 aliphatic heterocycles. The first-order valence-electron chi connectivity index (χ1n) is 8.70. The van der Waals surface area contributed by atoms with E-state index in [1.807, 2.05) is 13.0 Å². The van der Waals surface area contributed by atoms with E-state index in [0.717, 1.165) is 35.4 Å². The number of nitrogens with zero attached hydrogens (tertiary/aromatic N) is 3. The summed E-state index contributed by atoms with van der Waals surface area (Å²) in [7, 11) is 0. The van der Waals surface area contributed by atoms with Crippen LogP contribution in [0.15, 0.2) is 17.1 Å². The number of nitrogens with one attached hydrogen (secondary N) is 1. The van der Waals surface area contributed by atoms with Crippen LogP contribution in [0.25, 0.3) is 10.9 Å². The van der Waals surface area contributed by atoms with Crippen LogP contribution < -0.4 is 5.32 Å². The van der Waals surface area contributed by atoms with Crippen molar-refractivity contribution in [2.75, 3.05) is 6.54 Å². The molecule has 0 saturated carbocycles. The Morgan fingerprint density at radius 3 is 2.75 bits per heavy atom. The molecule has 0 unspecified atom stereocenters. The standard InChI is InChI=1S/C19H25ClN4/c1-5-6-7-8-21-18-19(3,4)11-13-9-16-14(10-15(13)24-18)17(20)23-12(2)22-16/h9-10H,5-8,11H2,1-4H3,(H,21,24). The zero-order chi connectivity index (χ0) is 17.3. The van der Waals surface area contributed by atoms with Crippen molar-refractivity contribution in [2.45, 2.75) is 53.4 Å². The van der Waals surface area contributed by atoms with Gasteiger partial charge in [-0.05, 0) is 37.5 Å². The van der Waals surface area contributed by atoms with Crippen LogP contribution in [0, 0.1) is 12.3 Å². The fourth-order valence-corrected chi connectivity index (χ4v) is 3.49. The maximum absolute atomic E-state index is 6.30. The van der Waals surface area contributed by atoms with Gasteiger partial charge in [0.2, 0.25) is 0 Å². The molecule has 0 spiro atoms. The van der Waals surface area contributed by atoms with E-state index >= 15 is 0 Å². The lowest BCUT2D eigenvalue weighted by Crippen LogP contribution is -2.40. The lowest BCUT2D eigenvalue weighted by molar-refractivity contribution is 0.490. The maximum atomic E-state index is 6.30. The molecule has 0 fully saturated rings. The third-order valence-corrected chi connectivity index (χ3v) is 4.83. The molecule has 0 aliphatic carbocycles. The van der Waals surface area contributed by atoms with Gasteiger partial charge < -0.3 is 5.32 Å². The summed E-state index contributed by atoms with van der Waals surface area (Å²) in [6.07, 6.45) is 4.59. The van der Waals surface area contributed by atoms with E-state index in [4.69, 9.17) is 16.6 Å². The van der Waals surface area contributed by atoms with E-state index in [9.17, 15) is 0 Å². The van der Waals surface area contributed by atoms with E-state index in [2.05, 4.69) is 42.1 Å². The number of amidine groups is 1. The molecule has 1 N–H and O–H groups in total. The normalized spacial score (nSPS) is 16.0. The fourth-order valence-electron chi connectivity index (χ4n) is 3.22. The van der Waals surface area contributed by atoms with Gasteiger partial charge in [-0.25, -0.2) is 15.0 Å². The number of unbranched alkanes of at least 4 members (excludes halogenated alkanes) is 2. The highest BCUT2D eigenvalue weighted by Gasteiger charge is 2.31. The van der Waals surface area contributed by atoms with Gasteiger partial charge in [0.1, 0.15) is 16.8 Å². The van der Waals surface area contributed by atoms with Crippen molar-refractivity contribution in [3.05, 3.63) is 28.7 Å². The molecule has 1 aliphatic rings. The molecule has 1 aromatic heterocycles. The van der Waals surface area contributed by atoms with Gasteiger partial charge in [-0.2, -0.15) is 0 Å². The average molecular weight is 345 g/mol. The molecule has 0 bridgehead atoms. The molecule has 1 aromatic carbocycles. The van der Waals surface area contributed by atoms with Crippen molar-refractivity contribution in [1.82, 2.24) is 15.3 Å². The zero-order valence-electron chi connectivity index (χ0n) is 14.9. The van der Waals surface area contributed by atoms with Gasteiger partial charge in [0.15, 0.2) is 0 Å². The largest absolute Gasteiger partial charge is 0.373 e. The van der Waals surface area contributed by atoms with Gasteiger partial charge in [-0.1, -0.05) is 45.2 Å². The quantitative estimate of drug-likeness (QED) is 0.628. The van der Waals surface area contributed by atoms with Crippen molar-refractivity contribution in [2.24, 2.45) is 10.4 Å². The third-order valence-electron chi connectivity index (χ3n) is 4.54. The lowest BCUT2D eigenvalue weighted by atomic mass is 9.81. The number of hydrogen-bond donors (Lipinski definition) is 1. The number of hydrogen-bond acceptors (Lipinski definition) is 4. The predicted octanol–water partition coefficient (Wildman–Crippen LogP) is 4.98. The van der Waals surface area contributed by atoms with Crippen LogP contribution in [0.3, 0.4) is 0 Å². The molecule has 3 rings (SSSR count). The lowest BCUT2D eigenvalue weighted by Gasteiger charge is -2.32. The van der Waals surface area contributed by atoms with E-state index in [-0.39, 0.29) is 5.41 Å². The van der Waals surface area contributed by atoms with Crippen LogP contribution in [0.2, 0.25) is 5.15 Å². The first-order chi connectivity index (χ1) is 11.4. The first-order valence-corrected chi connectivity index (χ1v) is 9.08. The highest BCUT2D eigenvalue weighted by molar-refractivity contribution is 6.34. The van der Waals surface area contributed by atoms with Crippen LogP contribution in [0.5, 0.6) is 0 Å². The van der Waals surface area contributed by atoms with Gasteiger partial charge in [0, 0.05) is 17.3 Å². The second-order valence-corrected chi connectivity index (χ2v) is 7.57. The number of benzene rings is 1. The van der Waals surface area contributed by atoms with Crippen LogP contribution in [0.1, 0.15) is 51.4 Å². The van der Waals surface area contributed by atoms with Crippen LogP contribution in [0.4, 0.5) is 5.69 Å². The van der Waals surface area contributed by atoms with Crippen molar-refractivity contribution >= 4 is 34.0 Å². The minimum absolute atomic E-state index is 0.00123. The molecule has 0 saturated heterocycles. The molecule has 5 heteroatoms. The molecule has 2 aromatic rings. The van der Waals surface area contributed by atoms with E-state index < -0.39 is 0 Å². The minimum atomic E-state index is -0.00123. The number of halogens is 1. The summed E-state index contributed by atoms with van der Waals surface area (Å²) in [6.45, 7) is 9.54. The van der Waals surface area contributed by atoms with Gasteiger partial charge in [0.05, 0.1) is 11.2 Å². The summed E-state index contributed by atoms with van der Waals surface area (Å²) >= 11 is 6.30. The molecular formula is C19H25ClN4. The topological polar surface area (TPSA) is 50.2 Å². The highest BCUT2D eigenvalue weighted by atomic mass is 35.5. The number of aliphatic imine (C=N–C) groups is 1. The molecule has 4 nitrogen and oxygen atoms in total. The average Bonchev–Trinajstić information content (AvgIpc) is 2.50. The monoisotopic (exact) mass is 344 g/mol.